The van der Waals surface area contributed by atoms with Crippen LogP contribution in [0.3, 0.4) is 0 Å². The van der Waals surface area contributed by atoms with Gasteiger partial charge in [-0.3, -0.25) is 9.00 Å². The molecule has 0 N–H and O–H groups in total. The smallest absolute Gasteiger partial charge is 0.434 e. The molecule has 1 unspecified atom stereocenters. The predicted molar refractivity (Wildman–Crippen MR) is 100 cm³/mol. The van der Waals surface area contributed by atoms with Gasteiger partial charge in [0.25, 0.3) is 0 Å². The average molecular weight is 374 g/mol. The van der Waals surface area contributed by atoms with Gasteiger partial charge in [-0.1, -0.05) is 74.5 Å². The quantitative estimate of drug-likeness (QED) is 0.544. The summed E-state index contributed by atoms with van der Waals surface area (Å²) < 4.78 is 22.3. The Bertz CT molecular complexity index is 704. The summed E-state index contributed by atoms with van der Waals surface area (Å²) in [4.78, 5) is 23.4. The van der Waals surface area contributed by atoms with Crippen molar-refractivity contribution in [1.29, 1.82) is 0 Å². The van der Waals surface area contributed by atoms with Gasteiger partial charge in [0.05, 0.1) is 11.9 Å². The highest BCUT2D eigenvalue weighted by Crippen LogP contribution is 2.28. The third-order valence-corrected chi connectivity index (χ3v) is 5.05. The number of esters is 1. The minimum atomic E-state index is -1.60. The van der Waals surface area contributed by atoms with Crippen molar-refractivity contribution >= 4 is 22.9 Å². The van der Waals surface area contributed by atoms with Gasteiger partial charge in [0.15, 0.2) is 0 Å². The van der Waals surface area contributed by atoms with E-state index in [9.17, 15) is 13.8 Å². The Morgan fingerprint density at radius 1 is 0.923 bits per heavy atom. The molecule has 0 amide bonds. The molecule has 0 fully saturated rings. The van der Waals surface area contributed by atoms with Crippen LogP contribution in [-0.2, 0) is 25.1 Å². The first kappa shape index (κ1) is 19.8. The third-order valence-electron chi connectivity index (χ3n) is 3.46. The maximum atomic E-state index is 12.9. The molecule has 0 saturated heterocycles. The molecule has 0 aliphatic heterocycles. The number of hydrogen-bond donors (Lipinski definition) is 0. The first-order valence-corrected chi connectivity index (χ1v) is 9.70. The molecule has 138 valence electrons. The Morgan fingerprint density at radius 3 is 1.88 bits per heavy atom. The topological polar surface area (TPSA) is 69.7 Å². The zero-order chi connectivity index (χ0) is 18.9. The maximum absolute atomic E-state index is 12.9. The Hall–Kier alpha value is -2.47. The van der Waals surface area contributed by atoms with Gasteiger partial charge in [-0.15, -0.1) is 0 Å². The van der Waals surface area contributed by atoms with Gasteiger partial charge < -0.3 is 9.47 Å². The van der Waals surface area contributed by atoms with Crippen molar-refractivity contribution in [3.8, 4) is 0 Å². The van der Waals surface area contributed by atoms with Crippen molar-refractivity contribution < 1.29 is 23.3 Å². The summed E-state index contributed by atoms with van der Waals surface area (Å²) in [6.45, 7) is 3.90. The molecule has 0 heterocycles. The molecule has 0 aliphatic carbocycles. The van der Waals surface area contributed by atoms with Crippen LogP contribution in [-0.4, -0.2) is 28.7 Å². The Morgan fingerprint density at radius 2 is 1.42 bits per heavy atom. The third kappa shape index (κ3) is 6.11. The second-order valence-corrected chi connectivity index (χ2v) is 7.68. The van der Waals surface area contributed by atoms with Crippen LogP contribution in [0.25, 0.3) is 0 Å². The lowest BCUT2D eigenvalue weighted by molar-refractivity contribution is -0.136. The Labute approximate surface area is 155 Å². The summed E-state index contributed by atoms with van der Waals surface area (Å²) >= 11 is 0. The second kappa shape index (κ2) is 9.87. The van der Waals surface area contributed by atoms with Crippen LogP contribution in [0.4, 0.5) is 4.79 Å². The van der Waals surface area contributed by atoms with Crippen LogP contribution in [0, 0.1) is 5.92 Å². The van der Waals surface area contributed by atoms with Crippen molar-refractivity contribution in [1.82, 2.24) is 0 Å². The van der Waals surface area contributed by atoms with E-state index in [1.807, 2.05) is 74.5 Å². The molecule has 0 aliphatic rings. The van der Waals surface area contributed by atoms with Crippen molar-refractivity contribution in [2.24, 2.45) is 5.92 Å². The highest BCUT2D eigenvalue weighted by molar-refractivity contribution is 7.86. The molecule has 0 aromatic heterocycles. The lowest BCUT2D eigenvalue weighted by Crippen LogP contribution is -2.23. The van der Waals surface area contributed by atoms with Crippen molar-refractivity contribution in [3.05, 3.63) is 71.8 Å². The van der Waals surface area contributed by atoms with Gasteiger partial charge in [-0.2, -0.15) is 0 Å². The minimum absolute atomic E-state index is 0.132. The summed E-state index contributed by atoms with van der Waals surface area (Å²) in [7, 11) is -1.60. The molecular formula is C20H22O5S. The average Bonchev–Trinajstić information content (AvgIpc) is 2.62. The van der Waals surface area contributed by atoms with Gasteiger partial charge in [-0.05, 0) is 17.0 Å². The van der Waals surface area contributed by atoms with E-state index < -0.39 is 33.9 Å². The van der Waals surface area contributed by atoms with Crippen LogP contribution < -0.4 is 0 Å². The van der Waals surface area contributed by atoms with Gasteiger partial charge in [0.1, 0.15) is 5.75 Å². The lowest BCUT2D eigenvalue weighted by atomic mass is 10.0. The Balaban J connectivity index is 2.08. The molecule has 0 saturated carbocycles. The normalized spacial score (nSPS) is 12.0. The molecule has 2 aromatic carbocycles. The van der Waals surface area contributed by atoms with Crippen LogP contribution in [0.1, 0.15) is 30.2 Å². The molecule has 1 atom stereocenters. The number of carbonyl (C=O) groups excluding carboxylic acids is 2. The van der Waals surface area contributed by atoms with E-state index in [0.717, 1.165) is 11.1 Å². The number of ether oxygens (including phenoxy) is 2. The molecule has 2 rings (SSSR count). The second-order valence-electron chi connectivity index (χ2n) is 6.16. The molecule has 0 spiro atoms. The summed E-state index contributed by atoms with van der Waals surface area (Å²) in [5.74, 6) is -1.13. The van der Waals surface area contributed by atoms with Crippen LogP contribution in [0.2, 0.25) is 0 Å². The van der Waals surface area contributed by atoms with E-state index >= 15 is 0 Å². The summed E-state index contributed by atoms with van der Waals surface area (Å²) in [6, 6.07) is 18.6. The first-order valence-electron chi connectivity index (χ1n) is 8.32. The number of carbonyl (C=O) groups is 2. The van der Waals surface area contributed by atoms with Crippen LogP contribution >= 0.6 is 0 Å². The maximum Gasteiger partial charge on any atom is 0.516 e. The van der Waals surface area contributed by atoms with E-state index in [1.165, 1.54) is 0 Å². The minimum Gasteiger partial charge on any atom is -0.434 e. The monoisotopic (exact) mass is 374 g/mol. The molecule has 5 nitrogen and oxygen atoms in total. The summed E-state index contributed by atoms with van der Waals surface area (Å²) in [6.07, 6.45) is -1.06. The standard InChI is InChI=1S/C20H22O5S/c1-15(2)13-24-20(22)25-18(21)14-26(23)19(16-9-5-3-6-10-16)17-11-7-4-8-12-17/h3-12,15,19H,13-14H2,1-2H3. The molecular weight excluding hydrogens is 352 g/mol. The molecule has 0 radical (unpaired) electrons. The van der Waals surface area contributed by atoms with Crippen molar-refractivity contribution in [2.45, 2.75) is 19.1 Å². The van der Waals surface area contributed by atoms with Gasteiger partial charge >= 0.3 is 12.1 Å². The van der Waals surface area contributed by atoms with Gasteiger partial charge in [0.2, 0.25) is 0 Å². The van der Waals surface area contributed by atoms with Crippen molar-refractivity contribution in [3.63, 3.8) is 0 Å². The highest BCUT2D eigenvalue weighted by Gasteiger charge is 2.25. The Kier molecular flexibility index (Phi) is 7.53. The molecule has 2 aromatic rings. The number of benzene rings is 2. The van der Waals surface area contributed by atoms with E-state index in [1.54, 1.807) is 0 Å². The summed E-state index contributed by atoms with van der Waals surface area (Å²) in [5, 5.41) is -0.489. The van der Waals surface area contributed by atoms with Gasteiger partial charge in [0, 0.05) is 10.8 Å². The SMILES string of the molecule is CC(C)COC(=O)OC(=O)CS(=O)C(c1ccccc1)c1ccccc1. The van der Waals surface area contributed by atoms with E-state index in [4.69, 9.17) is 4.74 Å². The van der Waals surface area contributed by atoms with E-state index in [-0.39, 0.29) is 12.5 Å². The molecule has 6 heteroatoms. The highest BCUT2D eigenvalue weighted by atomic mass is 32.2. The van der Waals surface area contributed by atoms with E-state index in [0.29, 0.717) is 0 Å². The summed E-state index contributed by atoms with van der Waals surface area (Å²) in [5.41, 5.74) is 1.65. The fourth-order valence-electron chi connectivity index (χ4n) is 2.34. The van der Waals surface area contributed by atoms with Gasteiger partial charge in [-0.25, -0.2) is 4.79 Å². The predicted octanol–water partition coefficient (Wildman–Crippen LogP) is 3.86. The number of rotatable bonds is 7. The fourth-order valence-corrected chi connectivity index (χ4v) is 3.72. The largest absolute Gasteiger partial charge is 0.516 e. The molecule has 26 heavy (non-hydrogen) atoms. The van der Waals surface area contributed by atoms with Crippen LogP contribution in [0.15, 0.2) is 60.7 Å². The molecule has 0 bridgehead atoms. The zero-order valence-corrected chi connectivity index (χ0v) is 15.6. The number of hydrogen-bond acceptors (Lipinski definition) is 5. The first-order chi connectivity index (χ1) is 12.5. The lowest BCUT2D eigenvalue weighted by Gasteiger charge is -2.17. The fraction of sp³-hybridized carbons (Fsp3) is 0.300. The van der Waals surface area contributed by atoms with Crippen LogP contribution in [0.5, 0.6) is 0 Å². The van der Waals surface area contributed by atoms with E-state index in [2.05, 4.69) is 4.74 Å². The van der Waals surface area contributed by atoms with Crippen molar-refractivity contribution in [2.75, 3.05) is 12.4 Å². The zero-order valence-electron chi connectivity index (χ0n) is 14.8.